The minimum Gasteiger partial charge on any atom is -0.388 e. The second kappa shape index (κ2) is 9.59. The van der Waals surface area contributed by atoms with E-state index in [9.17, 15) is 4.79 Å². The van der Waals surface area contributed by atoms with Crippen LogP contribution in [-0.4, -0.2) is 36.7 Å². The van der Waals surface area contributed by atoms with Crippen molar-refractivity contribution >= 4 is 28.7 Å². The molecule has 3 aromatic rings. The van der Waals surface area contributed by atoms with E-state index in [1.807, 2.05) is 55.6 Å². The Morgan fingerprint density at radius 2 is 1.76 bits per heavy atom. The Hall–Kier alpha value is -3.44. The van der Waals surface area contributed by atoms with Gasteiger partial charge < -0.3 is 10.6 Å². The van der Waals surface area contributed by atoms with Gasteiger partial charge in [-0.2, -0.15) is 0 Å². The average Bonchev–Trinajstić information content (AvgIpc) is 3.19. The second-order valence-electron chi connectivity index (χ2n) is 8.84. The molecule has 0 bridgehead atoms. The summed E-state index contributed by atoms with van der Waals surface area (Å²) in [5.74, 6) is -0.482. The molecule has 33 heavy (non-hydrogen) atoms. The first kappa shape index (κ1) is 21.4. The summed E-state index contributed by atoms with van der Waals surface area (Å²) in [5.41, 5.74) is 6.68. The lowest BCUT2D eigenvalue weighted by atomic mass is 9.90. The molecule has 5 nitrogen and oxygen atoms in total. The lowest BCUT2D eigenvalue weighted by Gasteiger charge is -2.26. The molecule has 0 spiro atoms. The molecule has 3 aromatic carbocycles. The summed E-state index contributed by atoms with van der Waals surface area (Å²) < 4.78 is 0. The SMILES string of the molecule is CNc1ccc2c(c1)NC(=O)C2C(=Nc1ccc(CN2CCCCC2)cc1)c1ccccc1. The van der Waals surface area contributed by atoms with Crippen molar-refractivity contribution in [2.45, 2.75) is 31.7 Å². The van der Waals surface area contributed by atoms with Gasteiger partial charge in [0.05, 0.1) is 11.4 Å². The predicted molar refractivity (Wildman–Crippen MR) is 136 cm³/mol. The first-order valence-corrected chi connectivity index (χ1v) is 11.8. The third kappa shape index (κ3) is 4.69. The highest BCUT2D eigenvalue weighted by atomic mass is 16.2. The van der Waals surface area contributed by atoms with E-state index in [4.69, 9.17) is 4.99 Å². The number of carbonyl (C=O) groups is 1. The molecule has 2 heterocycles. The number of nitrogens with one attached hydrogen (secondary N) is 2. The van der Waals surface area contributed by atoms with Gasteiger partial charge in [0.1, 0.15) is 5.92 Å². The van der Waals surface area contributed by atoms with Crippen LogP contribution in [-0.2, 0) is 11.3 Å². The van der Waals surface area contributed by atoms with Crippen LogP contribution >= 0.6 is 0 Å². The fourth-order valence-corrected chi connectivity index (χ4v) is 4.78. The fourth-order valence-electron chi connectivity index (χ4n) is 4.78. The number of hydrogen-bond acceptors (Lipinski definition) is 4. The Labute approximate surface area is 195 Å². The number of aliphatic imine (C=N–C) groups is 1. The number of benzene rings is 3. The number of amides is 1. The molecule has 1 saturated heterocycles. The first-order valence-electron chi connectivity index (χ1n) is 11.8. The smallest absolute Gasteiger partial charge is 0.238 e. The van der Waals surface area contributed by atoms with Crippen molar-refractivity contribution in [3.8, 4) is 0 Å². The third-order valence-electron chi connectivity index (χ3n) is 6.56. The molecule has 1 fully saturated rings. The number of piperidine rings is 1. The zero-order chi connectivity index (χ0) is 22.6. The van der Waals surface area contributed by atoms with Crippen LogP contribution < -0.4 is 10.6 Å². The summed E-state index contributed by atoms with van der Waals surface area (Å²) in [6.07, 6.45) is 3.94. The minimum absolute atomic E-state index is 0.0393. The molecule has 5 heteroatoms. The molecule has 0 aliphatic carbocycles. The van der Waals surface area contributed by atoms with E-state index < -0.39 is 5.92 Å². The molecule has 2 aliphatic heterocycles. The molecule has 5 rings (SSSR count). The highest BCUT2D eigenvalue weighted by Gasteiger charge is 2.35. The molecule has 2 N–H and O–H groups in total. The maximum atomic E-state index is 13.1. The zero-order valence-electron chi connectivity index (χ0n) is 19.1. The highest BCUT2D eigenvalue weighted by Crippen LogP contribution is 2.37. The van der Waals surface area contributed by atoms with Gasteiger partial charge in [-0.15, -0.1) is 0 Å². The number of rotatable bonds is 6. The summed E-state index contributed by atoms with van der Waals surface area (Å²) in [7, 11) is 1.88. The van der Waals surface area contributed by atoms with Gasteiger partial charge in [0.25, 0.3) is 0 Å². The van der Waals surface area contributed by atoms with Crippen LogP contribution in [0.5, 0.6) is 0 Å². The Morgan fingerprint density at radius 3 is 2.48 bits per heavy atom. The summed E-state index contributed by atoms with van der Waals surface area (Å²) in [4.78, 5) is 20.6. The molecule has 168 valence electrons. The van der Waals surface area contributed by atoms with E-state index in [-0.39, 0.29) is 5.91 Å². The van der Waals surface area contributed by atoms with Crippen LogP contribution in [0.15, 0.2) is 77.8 Å². The van der Waals surface area contributed by atoms with Crippen LogP contribution in [0.4, 0.5) is 17.1 Å². The lowest BCUT2D eigenvalue weighted by Crippen LogP contribution is -2.28. The van der Waals surface area contributed by atoms with Gasteiger partial charge in [-0.05, 0) is 66.9 Å². The number of hydrogen-bond donors (Lipinski definition) is 2. The molecule has 0 aromatic heterocycles. The summed E-state index contributed by atoms with van der Waals surface area (Å²) >= 11 is 0. The number of nitrogens with zero attached hydrogens (tertiary/aromatic N) is 2. The van der Waals surface area contributed by atoms with Gasteiger partial charge >= 0.3 is 0 Å². The third-order valence-corrected chi connectivity index (χ3v) is 6.56. The monoisotopic (exact) mass is 438 g/mol. The van der Waals surface area contributed by atoms with Crippen molar-refractivity contribution in [2.75, 3.05) is 30.8 Å². The fraction of sp³-hybridized carbons (Fsp3) is 0.286. The number of fused-ring (bicyclic) bond motifs is 1. The molecular formula is C28H30N4O. The number of likely N-dealkylation sites (tertiary alicyclic amines) is 1. The van der Waals surface area contributed by atoms with E-state index in [2.05, 4.69) is 39.8 Å². The van der Waals surface area contributed by atoms with Crippen molar-refractivity contribution in [2.24, 2.45) is 4.99 Å². The molecule has 1 amide bonds. The Bertz CT molecular complexity index is 1150. The zero-order valence-corrected chi connectivity index (χ0v) is 19.1. The van der Waals surface area contributed by atoms with E-state index in [0.717, 1.165) is 40.4 Å². The van der Waals surface area contributed by atoms with Crippen molar-refractivity contribution in [3.05, 3.63) is 89.5 Å². The largest absolute Gasteiger partial charge is 0.388 e. The van der Waals surface area contributed by atoms with Crippen LogP contribution in [0.1, 0.15) is 41.9 Å². The van der Waals surface area contributed by atoms with Crippen LogP contribution in [0, 0.1) is 0 Å². The Balaban J connectivity index is 1.47. The van der Waals surface area contributed by atoms with Gasteiger partial charge in [0, 0.05) is 25.0 Å². The number of anilines is 2. The molecule has 0 radical (unpaired) electrons. The summed E-state index contributed by atoms with van der Waals surface area (Å²) in [6.45, 7) is 3.36. The van der Waals surface area contributed by atoms with E-state index in [1.54, 1.807) is 0 Å². The van der Waals surface area contributed by atoms with Gasteiger partial charge in [0.15, 0.2) is 0 Å². The summed E-state index contributed by atoms with van der Waals surface area (Å²) in [6, 6.07) is 24.5. The van der Waals surface area contributed by atoms with Gasteiger partial charge in [0.2, 0.25) is 5.91 Å². The standard InChI is InChI=1S/C28H30N4O/c1-29-23-14-15-24-25(18-23)31-28(33)26(24)27(21-8-4-2-5-9-21)30-22-12-10-20(11-13-22)19-32-16-6-3-7-17-32/h2,4-5,8-15,18,26,29H,3,6-7,16-17,19H2,1H3,(H,31,33). The average molecular weight is 439 g/mol. The van der Waals surface area contributed by atoms with Gasteiger partial charge in [-0.3, -0.25) is 14.7 Å². The maximum absolute atomic E-state index is 13.1. The molecule has 1 atom stereocenters. The van der Waals surface area contributed by atoms with Crippen molar-refractivity contribution in [3.63, 3.8) is 0 Å². The van der Waals surface area contributed by atoms with E-state index >= 15 is 0 Å². The Kier molecular flexibility index (Phi) is 6.22. The normalized spacial score (nSPS) is 18.6. The Morgan fingerprint density at radius 1 is 1.00 bits per heavy atom. The molecular weight excluding hydrogens is 408 g/mol. The lowest BCUT2D eigenvalue weighted by molar-refractivity contribution is -0.115. The number of carbonyl (C=O) groups excluding carboxylic acids is 1. The quantitative estimate of drug-likeness (QED) is 0.495. The molecule has 2 aliphatic rings. The van der Waals surface area contributed by atoms with E-state index in [0.29, 0.717) is 0 Å². The van der Waals surface area contributed by atoms with Crippen molar-refractivity contribution in [1.82, 2.24) is 4.90 Å². The predicted octanol–water partition coefficient (Wildman–Crippen LogP) is 5.57. The van der Waals surface area contributed by atoms with E-state index in [1.165, 1.54) is 37.9 Å². The van der Waals surface area contributed by atoms with Crippen LogP contribution in [0.2, 0.25) is 0 Å². The highest BCUT2D eigenvalue weighted by molar-refractivity contribution is 6.24. The molecule has 1 unspecified atom stereocenters. The topological polar surface area (TPSA) is 56.7 Å². The van der Waals surface area contributed by atoms with Crippen molar-refractivity contribution in [1.29, 1.82) is 0 Å². The first-order chi connectivity index (χ1) is 16.2. The second-order valence-corrected chi connectivity index (χ2v) is 8.84. The van der Waals surface area contributed by atoms with Gasteiger partial charge in [-0.1, -0.05) is 55.0 Å². The van der Waals surface area contributed by atoms with Crippen LogP contribution in [0.3, 0.4) is 0 Å². The molecule has 0 saturated carbocycles. The van der Waals surface area contributed by atoms with Crippen LogP contribution in [0.25, 0.3) is 0 Å². The maximum Gasteiger partial charge on any atom is 0.238 e. The summed E-state index contributed by atoms with van der Waals surface area (Å²) in [5, 5.41) is 6.18. The van der Waals surface area contributed by atoms with Gasteiger partial charge in [-0.25, -0.2) is 0 Å². The minimum atomic E-state index is -0.443. The van der Waals surface area contributed by atoms with Crippen molar-refractivity contribution < 1.29 is 4.79 Å².